The average molecular weight is 452 g/mol. The summed E-state index contributed by atoms with van der Waals surface area (Å²) in [5.41, 5.74) is 2.19. The van der Waals surface area contributed by atoms with Crippen molar-refractivity contribution < 1.29 is 14.3 Å². The summed E-state index contributed by atoms with van der Waals surface area (Å²) in [6.07, 6.45) is 0. The molecule has 1 atom stereocenters. The molecule has 0 aliphatic rings. The number of rotatable bonds is 6. The van der Waals surface area contributed by atoms with E-state index in [1.165, 1.54) is 4.90 Å². The topological polar surface area (TPSA) is 63.6 Å². The number of carbonyl (C=O) groups excluding carboxylic acids is 2. The number of carbonyl (C=O) groups is 2. The molecule has 0 radical (unpaired) electrons. The van der Waals surface area contributed by atoms with Crippen LogP contribution in [0.3, 0.4) is 0 Å². The molecule has 0 spiro atoms. The van der Waals surface area contributed by atoms with Crippen molar-refractivity contribution in [2.24, 2.45) is 7.05 Å². The number of hydrogen-bond acceptors (Lipinski definition) is 4. The molecule has 7 heteroatoms. The average Bonchev–Trinajstić information content (AvgIpc) is 3.30. The van der Waals surface area contributed by atoms with Crippen molar-refractivity contribution >= 4 is 33.4 Å². The monoisotopic (exact) mass is 451 g/mol. The second-order valence-electron chi connectivity index (χ2n) is 8.60. The second kappa shape index (κ2) is 9.49. The molecule has 1 N–H and O–H groups in total. The van der Waals surface area contributed by atoms with Crippen LogP contribution in [0.25, 0.3) is 10.2 Å². The largest absolute Gasteiger partial charge is 0.497 e. The van der Waals surface area contributed by atoms with E-state index in [9.17, 15) is 9.59 Å². The molecule has 0 bridgehead atoms. The molecule has 32 heavy (non-hydrogen) atoms. The fraction of sp³-hybridized carbons (Fsp3) is 0.360. The molecule has 0 saturated heterocycles. The van der Waals surface area contributed by atoms with Crippen LogP contribution in [0.4, 0.5) is 0 Å². The highest BCUT2D eigenvalue weighted by Crippen LogP contribution is 2.32. The van der Waals surface area contributed by atoms with Crippen molar-refractivity contribution in [3.8, 4) is 17.6 Å². The number of nitrogens with zero attached hydrogens (tertiary/aromatic N) is 2. The molecule has 0 fully saturated rings. The molecule has 2 amide bonds. The second-order valence-corrected chi connectivity index (χ2v) is 9.54. The SMILES string of the molecule is CC#CC(=O)N(Cc1ccc(OC)cc1)C(C(=O)NC(C)(C)C)c1cc2sccc2n1C. The Labute approximate surface area is 193 Å². The Morgan fingerprint density at radius 2 is 1.91 bits per heavy atom. The van der Waals surface area contributed by atoms with E-state index in [0.717, 1.165) is 27.2 Å². The Morgan fingerprint density at radius 1 is 1.22 bits per heavy atom. The zero-order valence-electron chi connectivity index (χ0n) is 19.4. The number of methoxy groups -OCH3 is 1. The van der Waals surface area contributed by atoms with E-state index in [0.29, 0.717) is 0 Å². The first-order chi connectivity index (χ1) is 15.1. The number of aromatic nitrogens is 1. The van der Waals surface area contributed by atoms with Crippen molar-refractivity contribution in [3.05, 3.63) is 53.0 Å². The van der Waals surface area contributed by atoms with Crippen LogP contribution in [-0.4, -0.2) is 33.9 Å². The zero-order valence-corrected chi connectivity index (χ0v) is 20.2. The molecule has 2 aromatic heterocycles. The van der Waals surface area contributed by atoms with Crippen molar-refractivity contribution in [2.75, 3.05) is 7.11 Å². The maximum absolute atomic E-state index is 13.6. The van der Waals surface area contributed by atoms with Crippen LogP contribution in [0.15, 0.2) is 41.8 Å². The lowest BCUT2D eigenvalue weighted by Gasteiger charge is -2.32. The molecule has 0 saturated carbocycles. The van der Waals surface area contributed by atoms with Crippen LogP contribution >= 0.6 is 11.3 Å². The minimum atomic E-state index is -0.839. The van der Waals surface area contributed by atoms with Gasteiger partial charge in [-0.3, -0.25) is 9.59 Å². The molecular weight excluding hydrogens is 422 g/mol. The molecule has 1 aromatic carbocycles. The van der Waals surface area contributed by atoms with E-state index >= 15 is 0 Å². The van der Waals surface area contributed by atoms with E-state index in [1.54, 1.807) is 25.4 Å². The van der Waals surface area contributed by atoms with Crippen molar-refractivity contribution in [2.45, 2.75) is 45.8 Å². The Kier molecular flexibility index (Phi) is 6.95. The normalized spacial score (nSPS) is 12.1. The summed E-state index contributed by atoms with van der Waals surface area (Å²) in [6.45, 7) is 7.62. The number of hydrogen-bond donors (Lipinski definition) is 1. The molecule has 6 nitrogen and oxygen atoms in total. The number of fused-ring (bicyclic) bond motifs is 1. The highest BCUT2D eigenvalue weighted by molar-refractivity contribution is 7.17. The molecule has 2 heterocycles. The van der Waals surface area contributed by atoms with Gasteiger partial charge in [0.15, 0.2) is 6.04 Å². The van der Waals surface area contributed by atoms with Gasteiger partial charge in [0.05, 0.1) is 23.0 Å². The Hall–Kier alpha value is -3.24. The third-order valence-electron chi connectivity index (χ3n) is 5.04. The number of ether oxygens (including phenoxy) is 1. The molecule has 3 rings (SSSR count). The first kappa shape index (κ1) is 23.4. The van der Waals surface area contributed by atoms with Gasteiger partial charge in [0.25, 0.3) is 5.91 Å². The minimum Gasteiger partial charge on any atom is -0.497 e. The van der Waals surface area contributed by atoms with Crippen molar-refractivity contribution in [3.63, 3.8) is 0 Å². The Balaban J connectivity index is 2.11. The molecular formula is C25H29N3O3S. The van der Waals surface area contributed by atoms with Crippen LogP contribution in [0, 0.1) is 11.8 Å². The lowest BCUT2D eigenvalue weighted by Crippen LogP contribution is -2.49. The number of nitrogens with one attached hydrogen (secondary N) is 1. The number of benzene rings is 1. The van der Waals surface area contributed by atoms with Gasteiger partial charge in [-0.25, -0.2) is 0 Å². The standard InChI is InChI=1S/C25H29N3O3S/c1-7-8-22(29)28(16-17-9-11-18(31-6)12-10-17)23(24(30)26-25(2,3)4)20-15-21-19(27(20)5)13-14-32-21/h9-15,23H,16H2,1-6H3,(H,26,30). The van der Waals surface area contributed by atoms with E-state index in [4.69, 9.17) is 4.74 Å². The number of thiophene rings is 1. The predicted molar refractivity (Wildman–Crippen MR) is 128 cm³/mol. The van der Waals surface area contributed by atoms with Gasteiger partial charge in [-0.15, -0.1) is 11.3 Å². The molecule has 3 aromatic rings. The van der Waals surface area contributed by atoms with Gasteiger partial charge in [-0.1, -0.05) is 18.1 Å². The Morgan fingerprint density at radius 3 is 2.47 bits per heavy atom. The summed E-state index contributed by atoms with van der Waals surface area (Å²) >= 11 is 1.61. The van der Waals surface area contributed by atoms with Gasteiger partial charge in [-0.2, -0.15) is 0 Å². The van der Waals surface area contributed by atoms with Crippen LogP contribution < -0.4 is 10.1 Å². The predicted octanol–water partition coefficient (Wildman–Crippen LogP) is 4.26. The van der Waals surface area contributed by atoms with Crippen LogP contribution in [0.1, 0.15) is 45.0 Å². The summed E-state index contributed by atoms with van der Waals surface area (Å²) < 4.78 is 8.28. The van der Waals surface area contributed by atoms with E-state index in [1.807, 2.05) is 74.2 Å². The summed E-state index contributed by atoms with van der Waals surface area (Å²) in [5.74, 6) is 5.39. The quantitative estimate of drug-likeness (QED) is 0.570. The highest BCUT2D eigenvalue weighted by Gasteiger charge is 2.35. The lowest BCUT2D eigenvalue weighted by molar-refractivity contribution is -0.138. The third-order valence-corrected chi connectivity index (χ3v) is 5.90. The fourth-order valence-corrected chi connectivity index (χ4v) is 4.45. The Bertz CT molecular complexity index is 1170. The smallest absolute Gasteiger partial charge is 0.299 e. The number of amides is 2. The number of aryl methyl sites for hydroxylation is 1. The zero-order chi connectivity index (χ0) is 23.5. The van der Waals surface area contributed by atoms with Gasteiger partial charge >= 0.3 is 0 Å². The highest BCUT2D eigenvalue weighted by atomic mass is 32.1. The first-order valence-electron chi connectivity index (χ1n) is 10.4. The maximum atomic E-state index is 13.6. The maximum Gasteiger partial charge on any atom is 0.299 e. The summed E-state index contributed by atoms with van der Waals surface area (Å²) in [6, 6.07) is 10.6. The summed E-state index contributed by atoms with van der Waals surface area (Å²) in [7, 11) is 3.53. The van der Waals surface area contributed by atoms with Gasteiger partial charge in [0.2, 0.25) is 5.91 Å². The summed E-state index contributed by atoms with van der Waals surface area (Å²) in [4.78, 5) is 28.3. The van der Waals surface area contributed by atoms with E-state index in [-0.39, 0.29) is 12.5 Å². The van der Waals surface area contributed by atoms with E-state index < -0.39 is 17.5 Å². The molecule has 168 valence electrons. The van der Waals surface area contributed by atoms with Crippen molar-refractivity contribution in [1.29, 1.82) is 0 Å². The summed E-state index contributed by atoms with van der Waals surface area (Å²) in [5, 5.41) is 5.07. The van der Waals surface area contributed by atoms with Gasteiger partial charge < -0.3 is 19.5 Å². The van der Waals surface area contributed by atoms with Gasteiger partial charge in [-0.05, 0) is 68.8 Å². The third kappa shape index (κ3) is 5.14. The van der Waals surface area contributed by atoms with Gasteiger partial charge in [0, 0.05) is 19.1 Å². The molecule has 0 aliphatic carbocycles. The minimum absolute atomic E-state index is 0.235. The van der Waals surface area contributed by atoms with Crippen LogP contribution in [-0.2, 0) is 23.2 Å². The first-order valence-corrected chi connectivity index (χ1v) is 11.2. The fourth-order valence-electron chi connectivity index (χ4n) is 3.59. The molecule has 0 aliphatic heterocycles. The van der Waals surface area contributed by atoms with Crippen LogP contribution in [0.5, 0.6) is 5.75 Å². The lowest BCUT2D eigenvalue weighted by atomic mass is 10.0. The van der Waals surface area contributed by atoms with E-state index in [2.05, 4.69) is 17.2 Å². The van der Waals surface area contributed by atoms with Gasteiger partial charge in [0.1, 0.15) is 5.75 Å². The van der Waals surface area contributed by atoms with Crippen molar-refractivity contribution in [1.82, 2.24) is 14.8 Å². The van der Waals surface area contributed by atoms with Crippen LogP contribution in [0.2, 0.25) is 0 Å². The molecule has 1 unspecified atom stereocenters.